The number of carbonyl (C=O) groups is 2. The number of aromatic nitrogens is 1. The quantitative estimate of drug-likeness (QED) is 0.317. The summed E-state index contributed by atoms with van der Waals surface area (Å²) in [6, 6.07) is 22.7. The normalized spacial score (nSPS) is 10.6. The highest BCUT2D eigenvalue weighted by molar-refractivity contribution is 7.19. The molecule has 0 unspecified atom stereocenters. The van der Waals surface area contributed by atoms with Gasteiger partial charge in [-0.3, -0.25) is 9.59 Å². The van der Waals surface area contributed by atoms with E-state index in [0.717, 1.165) is 27.4 Å². The molecule has 0 aliphatic heterocycles. The lowest BCUT2D eigenvalue weighted by molar-refractivity contribution is -0.116. The van der Waals surface area contributed by atoms with Crippen LogP contribution in [0.3, 0.4) is 0 Å². The average Bonchev–Trinajstić information content (AvgIpc) is 3.27. The molecule has 0 aliphatic carbocycles. The van der Waals surface area contributed by atoms with E-state index < -0.39 is 5.82 Å². The largest absolute Gasteiger partial charge is 0.497 e. The molecule has 0 saturated heterocycles. The van der Waals surface area contributed by atoms with Gasteiger partial charge in [0.15, 0.2) is 10.9 Å². The van der Waals surface area contributed by atoms with E-state index in [1.807, 2.05) is 54.6 Å². The molecule has 5 nitrogen and oxygen atoms in total. The summed E-state index contributed by atoms with van der Waals surface area (Å²) in [6.45, 7) is 0. The Balaban J connectivity index is 1.51. The molecule has 1 N–H and O–H groups in total. The highest BCUT2D eigenvalue weighted by Gasteiger charge is 2.17. The Labute approximate surface area is 194 Å². The highest BCUT2D eigenvalue weighted by atomic mass is 32.1. The van der Waals surface area contributed by atoms with Crippen molar-refractivity contribution in [2.75, 3.05) is 12.4 Å². The fraction of sp³-hybridized carbons (Fsp3) is 0.115. The second kappa shape index (κ2) is 10.2. The number of methoxy groups -OCH3 is 1. The molecular weight excluding hydrogens is 439 g/mol. The predicted octanol–water partition coefficient (Wildman–Crippen LogP) is 6.23. The zero-order valence-corrected chi connectivity index (χ0v) is 18.7. The topological polar surface area (TPSA) is 68.3 Å². The smallest absolute Gasteiger partial charge is 0.226 e. The third-order valence-corrected chi connectivity index (χ3v) is 6.04. The molecule has 0 radical (unpaired) electrons. The van der Waals surface area contributed by atoms with Gasteiger partial charge in [0.05, 0.1) is 17.7 Å². The van der Waals surface area contributed by atoms with E-state index in [4.69, 9.17) is 4.74 Å². The van der Waals surface area contributed by atoms with Crippen LogP contribution in [0.5, 0.6) is 5.75 Å². The van der Waals surface area contributed by atoms with Crippen LogP contribution in [0.1, 0.15) is 23.2 Å². The third-order valence-electron chi connectivity index (χ3n) is 5.02. The summed E-state index contributed by atoms with van der Waals surface area (Å²) in [4.78, 5) is 30.4. The summed E-state index contributed by atoms with van der Waals surface area (Å²) in [6.07, 6.45) is 0.0358. The molecule has 0 atom stereocenters. The van der Waals surface area contributed by atoms with Crippen LogP contribution < -0.4 is 10.1 Å². The van der Waals surface area contributed by atoms with Crippen LogP contribution in [0.25, 0.3) is 21.7 Å². The minimum absolute atomic E-state index is 0.00826. The van der Waals surface area contributed by atoms with Crippen molar-refractivity contribution < 1.29 is 18.7 Å². The zero-order valence-electron chi connectivity index (χ0n) is 17.9. The molecule has 1 heterocycles. The molecule has 0 saturated carbocycles. The number of hydrogen-bond acceptors (Lipinski definition) is 5. The summed E-state index contributed by atoms with van der Waals surface area (Å²) < 4.78 is 18.3. The summed E-state index contributed by atoms with van der Waals surface area (Å²) >= 11 is 1.37. The molecule has 0 aliphatic rings. The van der Waals surface area contributed by atoms with Crippen molar-refractivity contribution in [1.29, 1.82) is 0 Å². The molecule has 33 heavy (non-hydrogen) atoms. The number of hydrogen-bond donors (Lipinski definition) is 1. The van der Waals surface area contributed by atoms with Gasteiger partial charge in [-0.05, 0) is 54.1 Å². The predicted molar refractivity (Wildman–Crippen MR) is 128 cm³/mol. The standard InChI is InChI=1S/C26H21FN2O3S/c1-32-21-13-9-19(10-14-21)25-24(18-5-3-2-4-6-18)29-26(33-25)28-23(31)16-15-22(30)17-7-11-20(27)12-8-17/h2-14H,15-16H2,1H3,(H,28,29,31). The van der Waals surface area contributed by atoms with Crippen molar-refractivity contribution in [3.8, 4) is 27.4 Å². The lowest BCUT2D eigenvalue weighted by atomic mass is 10.1. The first-order valence-corrected chi connectivity index (χ1v) is 11.1. The number of amides is 1. The number of benzene rings is 3. The van der Waals surface area contributed by atoms with Gasteiger partial charge in [-0.1, -0.05) is 41.7 Å². The fourth-order valence-corrected chi connectivity index (χ4v) is 4.30. The van der Waals surface area contributed by atoms with Crippen LogP contribution >= 0.6 is 11.3 Å². The Morgan fingerprint density at radius 1 is 0.909 bits per heavy atom. The summed E-state index contributed by atoms with van der Waals surface area (Å²) in [7, 11) is 1.62. The molecule has 3 aromatic carbocycles. The number of Topliss-reactive ketones (excluding diaryl/α,β-unsaturated/α-hetero) is 1. The lowest BCUT2D eigenvalue weighted by Crippen LogP contribution is -2.13. The second-order valence-corrected chi connectivity index (χ2v) is 8.27. The Bertz CT molecular complexity index is 1250. The van der Waals surface area contributed by atoms with Gasteiger partial charge >= 0.3 is 0 Å². The number of thiazole rings is 1. The Kier molecular flexibility index (Phi) is 6.90. The van der Waals surface area contributed by atoms with Crippen molar-refractivity contribution in [2.45, 2.75) is 12.8 Å². The molecule has 4 aromatic rings. The molecule has 0 bridgehead atoms. The van der Waals surface area contributed by atoms with Crippen LogP contribution in [-0.2, 0) is 4.79 Å². The Hall–Kier alpha value is -3.84. The van der Waals surface area contributed by atoms with Gasteiger partial charge in [0.2, 0.25) is 5.91 Å². The number of halogens is 1. The van der Waals surface area contributed by atoms with Crippen molar-refractivity contribution in [3.63, 3.8) is 0 Å². The van der Waals surface area contributed by atoms with Crippen LogP contribution in [0.2, 0.25) is 0 Å². The Morgan fingerprint density at radius 3 is 2.27 bits per heavy atom. The fourth-order valence-electron chi connectivity index (χ4n) is 3.29. The number of nitrogens with one attached hydrogen (secondary N) is 1. The van der Waals surface area contributed by atoms with Gasteiger partial charge in [0, 0.05) is 24.0 Å². The van der Waals surface area contributed by atoms with Gasteiger partial charge in [0.25, 0.3) is 0 Å². The maximum Gasteiger partial charge on any atom is 0.226 e. The summed E-state index contributed by atoms with van der Waals surface area (Å²) in [5.41, 5.74) is 3.04. The highest BCUT2D eigenvalue weighted by Crippen LogP contribution is 2.39. The van der Waals surface area contributed by atoms with Gasteiger partial charge < -0.3 is 10.1 Å². The molecule has 0 spiro atoms. The van der Waals surface area contributed by atoms with Crippen molar-refractivity contribution in [3.05, 3.63) is 90.2 Å². The van der Waals surface area contributed by atoms with Crippen LogP contribution in [0.4, 0.5) is 9.52 Å². The van der Waals surface area contributed by atoms with E-state index in [1.54, 1.807) is 7.11 Å². The van der Waals surface area contributed by atoms with Crippen molar-refractivity contribution >= 4 is 28.2 Å². The first kappa shape index (κ1) is 22.4. The molecular formula is C26H21FN2O3S. The molecule has 7 heteroatoms. The molecule has 0 fully saturated rings. The average molecular weight is 461 g/mol. The molecule has 1 aromatic heterocycles. The van der Waals surface area contributed by atoms with E-state index in [0.29, 0.717) is 10.7 Å². The van der Waals surface area contributed by atoms with Crippen LogP contribution in [0.15, 0.2) is 78.9 Å². The van der Waals surface area contributed by atoms with Gasteiger partial charge in [-0.2, -0.15) is 0 Å². The van der Waals surface area contributed by atoms with Gasteiger partial charge in [-0.15, -0.1) is 0 Å². The number of carbonyl (C=O) groups excluding carboxylic acids is 2. The first-order chi connectivity index (χ1) is 16.0. The van der Waals surface area contributed by atoms with Crippen molar-refractivity contribution in [1.82, 2.24) is 4.98 Å². The third kappa shape index (κ3) is 5.51. The first-order valence-electron chi connectivity index (χ1n) is 10.3. The molecule has 166 valence electrons. The van der Waals surface area contributed by atoms with E-state index in [1.165, 1.54) is 35.6 Å². The number of anilines is 1. The van der Waals surface area contributed by atoms with Crippen molar-refractivity contribution in [2.24, 2.45) is 0 Å². The number of ketones is 1. The van der Waals surface area contributed by atoms with Crippen LogP contribution in [0, 0.1) is 5.82 Å². The minimum atomic E-state index is -0.407. The van der Waals surface area contributed by atoms with E-state index in [2.05, 4.69) is 10.3 Å². The summed E-state index contributed by atoms with van der Waals surface area (Å²) in [5, 5.41) is 3.27. The Morgan fingerprint density at radius 2 is 1.61 bits per heavy atom. The minimum Gasteiger partial charge on any atom is -0.497 e. The maximum absolute atomic E-state index is 13.0. The summed E-state index contributed by atoms with van der Waals surface area (Å²) in [5.74, 6) is -0.174. The number of nitrogens with zero attached hydrogens (tertiary/aromatic N) is 1. The number of rotatable bonds is 8. The molecule has 1 amide bonds. The lowest BCUT2D eigenvalue weighted by Gasteiger charge is -2.04. The zero-order chi connectivity index (χ0) is 23.2. The maximum atomic E-state index is 13.0. The number of ether oxygens (including phenoxy) is 1. The van der Waals surface area contributed by atoms with Crippen LogP contribution in [-0.4, -0.2) is 23.8 Å². The van der Waals surface area contributed by atoms with Gasteiger partial charge in [-0.25, -0.2) is 9.37 Å². The second-order valence-electron chi connectivity index (χ2n) is 7.27. The monoisotopic (exact) mass is 460 g/mol. The van der Waals surface area contributed by atoms with E-state index >= 15 is 0 Å². The molecule has 4 rings (SSSR count). The van der Waals surface area contributed by atoms with E-state index in [9.17, 15) is 14.0 Å². The van der Waals surface area contributed by atoms with Gasteiger partial charge in [0.1, 0.15) is 11.6 Å². The van der Waals surface area contributed by atoms with E-state index in [-0.39, 0.29) is 24.5 Å². The SMILES string of the molecule is COc1ccc(-c2sc(NC(=O)CCC(=O)c3ccc(F)cc3)nc2-c2ccccc2)cc1.